The molecule has 0 bridgehead atoms. The average molecular weight is 345 g/mol. The van der Waals surface area contributed by atoms with E-state index in [1.807, 2.05) is 30.3 Å². The molecule has 0 aromatic heterocycles. The van der Waals surface area contributed by atoms with Crippen LogP contribution in [0.4, 0.5) is 5.69 Å². The first-order valence-electron chi connectivity index (χ1n) is 5.50. The second kappa shape index (κ2) is 5.96. The molecule has 94 valence electrons. The highest BCUT2D eigenvalue weighted by Crippen LogP contribution is 2.25. The Hall–Kier alpha value is -0.700. The van der Waals surface area contributed by atoms with E-state index in [-0.39, 0.29) is 0 Å². The van der Waals surface area contributed by atoms with Crippen LogP contribution >= 0.6 is 39.1 Å². The number of halogens is 3. The van der Waals surface area contributed by atoms with E-state index in [2.05, 4.69) is 28.2 Å². The summed E-state index contributed by atoms with van der Waals surface area (Å²) in [5, 5.41) is 4.69. The molecule has 0 aliphatic rings. The summed E-state index contributed by atoms with van der Waals surface area (Å²) in [7, 11) is 0. The van der Waals surface area contributed by atoms with Gasteiger partial charge in [-0.3, -0.25) is 0 Å². The van der Waals surface area contributed by atoms with Gasteiger partial charge in [0.05, 0.1) is 0 Å². The Bertz CT molecular complexity index is 549. The molecule has 18 heavy (non-hydrogen) atoms. The summed E-state index contributed by atoms with van der Waals surface area (Å²) in [6.07, 6.45) is 0. The summed E-state index contributed by atoms with van der Waals surface area (Å²) in [6, 6.07) is 11.6. The summed E-state index contributed by atoms with van der Waals surface area (Å²) in [6.45, 7) is 2.76. The number of hydrogen-bond donors (Lipinski definition) is 1. The van der Waals surface area contributed by atoms with Gasteiger partial charge in [-0.05, 0) is 48.4 Å². The van der Waals surface area contributed by atoms with Gasteiger partial charge in [-0.25, -0.2) is 0 Å². The zero-order valence-corrected chi connectivity index (χ0v) is 12.9. The average Bonchev–Trinajstić information content (AvgIpc) is 2.30. The van der Waals surface area contributed by atoms with Crippen molar-refractivity contribution in [3.63, 3.8) is 0 Å². The molecule has 4 heteroatoms. The van der Waals surface area contributed by atoms with Crippen molar-refractivity contribution in [2.45, 2.75) is 13.5 Å². The number of rotatable bonds is 3. The first kappa shape index (κ1) is 13.7. The summed E-state index contributed by atoms with van der Waals surface area (Å²) in [4.78, 5) is 0. The van der Waals surface area contributed by atoms with Crippen LogP contribution in [-0.4, -0.2) is 0 Å². The Kier molecular flexibility index (Phi) is 4.55. The molecular weight excluding hydrogens is 333 g/mol. The minimum Gasteiger partial charge on any atom is -0.381 e. The fourth-order valence-electron chi connectivity index (χ4n) is 1.71. The zero-order valence-electron chi connectivity index (χ0n) is 9.81. The third kappa shape index (κ3) is 3.41. The molecule has 0 unspecified atom stereocenters. The molecule has 0 spiro atoms. The van der Waals surface area contributed by atoms with Crippen LogP contribution in [0.25, 0.3) is 0 Å². The zero-order chi connectivity index (χ0) is 13.1. The maximum Gasteiger partial charge on any atom is 0.0424 e. The molecule has 0 saturated carbocycles. The molecule has 0 heterocycles. The van der Waals surface area contributed by atoms with Crippen molar-refractivity contribution in [1.29, 1.82) is 0 Å². The van der Waals surface area contributed by atoms with Gasteiger partial charge in [-0.15, -0.1) is 0 Å². The highest BCUT2D eigenvalue weighted by Gasteiger charge is 2.02. The molecule has 0 amide bonds. The number of nitrogens with one attached hydrogen (secondary N) is 1. The fourth-order valence-corrected chi connectivity index (χ4v) is 2.65. The van der Waals surface area contributed by atoms with Crippen molar-refractivity contribution in [3.8, 4) is 0 Å². The second-order valence-electron chi connectivity index (χ2n) is 4.04. The van der Waals surface area contributed by atoms with E-state index >= 15 is 0 Å². The van der Waals surface area contributed by atoms with Gasteiger partial charge in [0.1, 0.15) is 0 Å². The van der Waals surface area contributed by atoms with Gasteiger partial charge >= 0.3 is 0 Å². The third-order valence-electron chi connectivity index (χ3n) is 2.67. The largest absolute Gasteiger partial charge is 0.381 e. The monoisotopic (exact) mass is 343 g/mol. The van der Waals surface area contributed by atoms with Gasteiger partial charge in [0, 0.05) is 26.8 Å². The van der Waals surface area contributed by atoms with Crippen molar-refractivity contribution in [2.75, 3.05) is 5.32 Å². The lowest BCUT2D eigenvalue weighted by molar-refractivity contribution is 1.14. The number of anilines is 1. The molecule has 0 aliphatic carbocycles. The SMILES string of the molecule is Cc1c(Br)cccc1NCc1cc(Cl)cc(Cl)c1. The molecule has 1 nitrogen and oxygen atoms in total. The highest BCUT2D eigenvalue weighted by atomic mass is 79.9. The third-order valence-corrected chi connectivity index (χ3v) is 3.97. The summed E-state index contributed by atoms with van der Waals surface area (Å²) >= 11 is 15.5. The predicted octanol–water partition coefficient (Wildman–Crippen LogP) is 5.68. The van der Waals surface area contributed by atoms with E-state index in [1.165, 1.54) is 5.56 Å². The molecule has 0 radical (unpaired) electrons. The summed E-state index contributed by atoms with van der Waals surface area (Å²) in [5.74, 6) is 0. The molecule has 2 rings (SSSR count). The van der Waals surface area contributed by atoms with E-state index < -0.39 is 0 Å². The van der Waals surface area contributed by atoms with Crippen LogP contribution in [0.5, 0.6) is 0 Å². The second-order valence-corrected chi connectivity index (χ2v) is 5.77. The van der Waals surface area contributed by atoms with Crippen LogP contribution in [0.1, 0.15) is 11.1 Å². The minimum atomic E-state index is 0.658. The van der Waals surface area contributed by atoms with Crippen LogP contribution < -0.4 is 5.32 Å². The van der Waals surface area contributed by atoms with Gasteiger partial charge in [0.2, 0.25) is 0 Å². The Labute approximate surface area is 125 Å². The summed E-state index contributed by atoms with van der Waals surface area (Å²) < 4.78 is 1.09. The fraction of sp³-hybridized carbons (Fsp3) is 0.143. The topological polar surface area (TPSA) is 12.0 Å². The van der Waals surface area contributed by atoms with Crippen molar-refractivity contribution in [1.82, 2.24) is 0 Å². The van der Waals surface area contributed by atoms with Crippen LogP contribution in [0.3, 0.4) is 0 Å². The predicted molar refractivity (Wildman–Crippen MR) is 82.7 cm³/mol. The molecule has 0 atom stereocenters. The van der Waals surface area contributed by atoms with Gasteiger partial charge in [0.15, 0.2) is 0 Å². The van der Waals surface area contributed by atoms with E-state index in [0.29, 0.717) is 16.6 Å². The van der Waals surface area contributed by atoms with Gasteiger partial charge < -0.3 is 5.32 Å². The Morgan fingerprint density at radius 2 is 1.78 bits per heavy atom. The maximum absolute atomic E-state index is 5.97. The standard InChI is InChI=1S/C14H12BrCl2N/c1-9-13(15)3-2-4-14(9)18-8-10-5-11(16)7-12(17)6-10/h2-7,18H,8H2,1H3. The molecule has 2 aromatic carbocycles. The van der Waals surface area contributed by atoms with Crippen molar-refractivity contribution >= 4 is 44.8 Å². The summed E-state index contributed by atoms with van der Waals surface area (Å²) in [5.41, 5.74) is 3.35. The molecular formula is C14H12BrCl2N. The highest BCUT2D eigenvalue weighted by molar-refractivity contribution is 9.10. The lowest BCUT2D eigenvalue weighted by atomic mass is 10.2. The van der Waals surface area contributed by atoms with Crippen molar-refractivity contribution < 1.29 is 0 Å². The van der Waals surface area contributed by atoms with Crippen LogP contribution in [0.15, 0.2) is 40.9 Å². The van der Waals surface area contributed by atoms with Crippen LogP contribution in [0.2, 0.25) is 10.0 Å². The van der Waals surface area contributed by atoms with Gasteiger partial charge in [-0.1, -0.05) is 45.2 Å². The quantitative estimate of drug-likeness (QED) is 0.755. The van der Waals surface area contributed by atoms with Crippen LogP contribution in [-0.2, 0) is 6.54 Å². The number of benzene rings is 2. The van der Waals surface area contributed by atoms with E-state index in [9.17, 15) is 0 Å². The maximum atomic E-state index is 5.97. The lowest BCUT2D eigenvalue weighted by Crippen LogP contribution is -2.01. The van der Waals surface area contributed by atoms with Crippen LogP contribution in [0, 0.1) is 6.92 Å². The Balaban J connectivity index is 2.14. The first-order chi connectivity index (χ1) is 8.56. The van der Waals surface area contributed by atoms with E-state index in [4.69, 9.17) is 23.2 Å². The minimum absolute atomic E-state index is 0.658. The van der Waals surface area contributed by atoms with E-state index in [1.54, 1.807) is 6.07 Å². The first-order valence-corrected chi connectivity index (χ1v) is 7.05. The van der Waals surface area contributed by atoms with Crippen molar-refractivity contribution in [3.05, 3.63) is 62.0 Å². The molecule has 0 fully saturated rings. The smallest absolute Gasteiger partial charge is 0.0424 e. The molecule has 2 aromatic rings. The lowest BCUT2D eigenvalue weighted by Gasteiger charge is -2.11. The molecule has 0 saturated heterocycles. The number of hydrogen-bond acceptors (Lipinski definition) is 1. The molecule has 1 N–H and O–H groups in total. The van der Waals surface area contributed by atoms with Crippen molar-refractivity contribution in [2.24, 2.45) is 0 Å². The Morgan fingerprint density at radius 1 is 1.11 bits per heavy atom. The van der Waals surface area contributed by atoms with Gasteiger partial charge in [-0.2, -0.15) is 0 Å². The van der Waals surface area contributed by atoms with E-state index in [0.717, 1.165) is 15.7 Å². The molecule has 0 aliphatic heterocycles. The normalized spacial score (nSPS) is 10.4. The Morgan fingerprint density at radius 3 is 2.44 bits per heavy atom. The van der Waals surface area contributed by atoms with Gasteiger partial charge in [0.25, 0.3) is 0 Å².